The zero-order chi connectivity index (χ0) is 22.0. The van der Waals surface area contributed by atoms with Crippen molar-refractivity contribution in [2.45, 2.75) is 70.0 Å². The number of nitrogens with one attached hydrogen (secondary N) is 1. The van der Waals surface area contributed by atoms with Gasteiger partial charge < -0.3 is 29.2 Å². The predicted molar refractivity (Wildman–Crippen MR) is 125 cm³/mol. The summed E-state index contributed by atoms with van der Waals surface area (Å²) in [4.78, 5) is 6.85. The molecule has 3 fully saturated rings. The minimum absolute atomic E-state index is 0.306. The number of nitrogens with zero attached hydrogens (tertiary/aromatic N) is 2. The molecule has 178 valence electrons. The van der Waals surface area contributed by atoms with E-state index in [2.05, 4.69) is 39.5 Å². The van der Waals surface area contributed by atoms with Crippen molar-refractivity contribution in [3.63, 3.8) is 0 Å². The lowest BCUT2D eigenvalue weighted by Crippen LogP contribution is -2.47. The van der Waals surface area contributed by atoms with Crippen LogP contribution in [0.15, 0.2) is 29.3 Å². The molecule has 1 N–H and O–H groups in total. The molecule has 1 aromatic rings. The van der Waals surface area contributed by atoms with E-state index in [0.717, 1.165) is 84.1 Å². The Kier molecular flexibility index (Phi) is 9.20. The maximum atomic E-state index is 6.11. The van der Waals surface area contributed by atoms with Crippen LogP contribution in [-0.4, -0.2) is 75.7 Å². The number of rotatable bonds is 8. The molecule has 3 aliphatic heterocycles. The first-order valence-electron chi connectivity index (χ1n) is 12.3. The number of guanidine groups is 1. The molecule has 1 unspecified atom stereocenters. The summed E-state index contributed by atoms with van der Waals surface area (Å²) in [5, 5.41) is 3.54. The third kappa shape index (κ3) is 7.17. The van der Waals surface area contributed by atoms with E-state index in [0.29, 0.717) is 24.9 Å². The average molecular weight is 446 g/mol. The van der Waals surface area contributed by atoms with Gasteiger partial charge in [0.2, 0.25) is 0 Å². The molecule has 1 aromatic carbocycles. The van der Waals surface area contributed by atoms with Gasteiger partial charge in [-0.1, -0.05) is 24.3 Å². The fourth-order valence-electron chi connectivity index (χ4n) is 4.65. The molecule has 4 rings (SSSR count). The number of aliphatic imine (C=N–C) groups is 1. The smallest absolute Gasteiger partial charge is 0.193 e. The molecule has 0 radical (unpaired) electrons. The Balaban J connectivity index is 1.18. The predicted octanol–water partition coefficient (Wildman–Crippen LogP) is 3.12. The highest BCUT2D eigenvalue weighted by atomic mass is 16.5. The summed E-state index contributed by atoms with van der Waals surface area (Å²) in [6, 6.07) is 8.63. The number of hydrogen-bond acceptors (Lipinski definition) is 5. The molecule has 3 aliphatic rings. The van der Waals surface area contributed by atoms with Crippen molar-refractivity contribution in [2.75, 3.05) is 46.6 Å². The van der Waals surface area contributed by atoms with Crippen molar-refractivity contribution in [3.8, 4) is 0 Å². The van der Waals surface area contributed by atoms with E-state index in [1.807, 2.05) is 7.05 Å². The van der Waals surface area contributed by atoms with Gasteiger partial charge in [0.25, 0.3) is 0 Å². The molecule has 3 saturated heterocycles. The van der Waals surface area contributed by atoms with E-state index >= 15 is 0 Å². The van der Waals surface area contributed by atoms with Crippen molar-refractivity contribution >= 4 is 5.96 Å². The molecular formula is C25H39N3O4. The highest BCUT2D eigenvalue weighted by Gasteiger charge is 2.24. The number of likely N-dealkylation sites (tertiary alicyclic amines) is 1. The molecule has 0 saturated carbocycles. The van der Waals surface area contributed by atoms with Gasteiger partial charge in [-0.25, -0.2) is 0 Å². The third-order valence-electron chi connectivity index (χ3n) is 6.59. The first kappa shape index (κ1) is 23.5. The van der Waals surface area contributed by atoms with Crippen LogP contribution in [0.1, 0.15) is 49.7 Å². The van der Waals surface area contributed by atoms with Gasteiger partial charge in [-0.05, 0) is 49.7 Å². The normalized spacial score (nSPS) is 23.6. The van der Waals surface area contributed by atoms with E-state index in [1.54, 1.807) is 0 Å². The molecule has 7 nitrogen and oxygen atoms in total. The lowest BCUT2D eigenvalue weighted by Gasteiger charge is -2.34. The molecule has 0 amide bonds. The number of benzene rings is 1. The average Bonchev–Trinajstić information content (AvgIpc) is 3.37. The van der Waals surface area contributed by atoms with Gasteiger partial charge in [-0.2, -0.15) is 0 Å². The fourth-order valence-corrected chi connectivity index (χ4v) is 4.65. The fraction of sp³-hybridized carbons (Fsp3) is 0.720. The molecule has 32 heavy (non-hydrogen) atoms. The summed E-state index contributed by atoms with van der Waals surface area (Å²) >= 11 is 0. The topological polar surface area (TPSA) is 64.6 Å². The van der Waals surface area contributed by atoms with Crippen LogP contribution < -0.4 is 5.32 Å². The number of ether oxygens (including phenoxy) is 4. The largest absolute Gasteiger partial charge is 0.381 e. The monoisotopic (exact) mass is 445 g/mol. The first-order chi connectivity index (χ1) is 15.8. The Bertz CT molecular complexity index is 709. The van der Waals surface area contributed by atoms with Crippen LogP contribution >= 0.6 is 0 Å². The maximum absolute atomic E-state index is 6.11. The molecular weight excluding hydrogens is 406 g/mol. The van der Waals surface area contributed by atoms with Gasteiger partial charge in [0.1, 0.15) is 0 Å². The lowest BCUT2D eigenvalue weighted by atomic mass is 10.1. The van der Waals surface area contributed by atoms with Crippen molar-refractivity contribution in [2.24, 2.45) is 4.99 Å². The molecule has 1 atom stereocenters. The second kappa shape index (κ2) is 12.5. The van der Waals surface area contributed by atoms with E-state index in [1.165, 1.54) is 17.5 Å². The van der Waals surface area contributed by atoms with Gasteiger partial charge in [0.15, 0.2) is 5.96 Å². The van der Waals surface area contributed by atoms with Crippen LogP contribution in [0.3, 0.4) is 0 Å². The third-order valence-corrected chi connectivity index (χ3v) is 6.59. The summed E-state index contributed by atoms with van der Waals surface area (Å²) < 4.78 is 23.3. The van der Waals surface area contributed by atoms with Crippen LogP contribution in [-0.2, 0) is 32.1 Å². The summed E-state index contributed by atoms with van der Waals surface area (Å²) in [6.07, 6.45) is 7.32. The van der Waals surface area contributed by atoms with Gasteiger partial charge in [0, 0.05) is 46.5 Å². The van der Waals surface area contributed by atoms with Crippen LogP contribution in [0.2, 0.25) is 0 Å². The molecule has 0 aromatic heterocycles. The number of piperidine rings is 1. The van der Waals surface area contributed by atoms with E-state index in [9.17, 15) is 0 Å². The standard InChI is InChI=1S/C25H39N3O4/c1-26-25(28-11-7-22(8-12-28)32-19-24-6-3-13-30-24)27-17-20-4-2-5-21(16-20)18-31-23-9-14-29-15-10-23/h2,4-5,16,22-24H,3,6-15,17-19H2,1H3,(H,26,27). The van der Waals surface area contributed by atoms with Crippen LogP contribution in [0.25, 0.3) is 0 Å². The van der Waals surface area contributed by atoms with Crippen LogP contribution in [0.4, 0.5) is 0 Å². The second-order valence-electron chi connectivity index (χ2n) is 9.00. The highest BCUT2D eigenvalue weighted by Crippen LogP contribution is 2.18. The lowest BCUT2D eigenvalue weighted by molar-refractivity contribution is -0.0390. The van der Waals surface area contributed by atoms with Crippen LogP contribution in [0.5, 0.6) is 0 Å². The second-order valence-corrected chi connectivity index (χ2v) is 9.00. The number of hydrogen-bond donors (Lipinski definition) is 1. The van der Waals surface area contributed by atoms with Gasteiger partial charge >= 0.3 is 0 Å². The van der Waals surface area contributed by atoms with Crippen molar-refractivity contribution in [1.29, 1.82) is 0 Å². The summed E-state index contributed by atoms with van der Waals surface area (Å²) in [6.45, 7) is 6.61. The Morgan fingerprint density at radius 2 is 1.81 bits per heavy atom. The minimum Gasteiger partial charge on any atom is -0.381 e. The zero-order valence-corrected chi connectivity index (χ0v) is 19.5. The highest BCUT2D eigenvalue weighted by molar-refractivity contribution is 5.79. The minimum atomic E-state index is 0.306. The van der Waals surface area contributed by atoms with Crippen molar-refractivity contribution in [3.05, 3.63) is 35.4 Å². The van der Waals surface area contributed by atoms with Gasteiger partial charge in [-0.3, -0.25) is 4.99 Å². The van der Waals surface area contributed by atoms with Gasteiger partial charge in [0.05, 0.1) is 31.5 Å². The molecule has 0 spiro atoms. The molecule has 3 heterocycles. The quantitative estimate of drug-likeness (QED) is 0.490. The maximum Gasteiger partial charge on any atom is 0.193 e. The van der Waals surface area contributed by atoms with Gasteiger partial charge in [-0.15, -0.1) is 0 Å². The molecule has 0 bridgehead atoms. The Morgan fingerprint density at radius 1 is 1.03 bits per heavy atom. The Hall–Kier alpha value is -1.67. The zero-order valence-electron chi connectivity index (χ0n) is 19.5. The Morgan fingerprint density at radius 3 is 2.56 bits per heavy atom. The van der Waals surface area contributed by atoms with E-state index in [4.69, 9.17) is 18.9 Å². The summed E-state index contributed by atoms with van der Waals surface area (Å²) in [5.41, 5.74) is 2.46. The summed E-state index contributed by atoms with van der Waals surface area (Å²) in [5.74, 6) is 0.964. The Labute approximate surface area is 192 Å². The van der Waals surface area contributed by atoms with Crippen LogP contribution in [0, 0.1) is 0 Å². The van der Waals surface area contributed by atoms with E-state index < -0.39 is 0 Å². The van der Waals surface area contributed by atoms with Crippen molar-refractivity contribution < 1.29 is 18.9 Å². The van der Waals surface area contributed by atoms with E-state index in [-0.39, 0.29) is 0 Å². The molecule has 0 aliphatic carbocycles. The molecule has 7 heteroatoms. The summed E-state index contributed by atoms with van der Waals surface area (Å²) in [7, 11) is 1.86. The SMILES string of the molecule is CN=C(NCc1cccc(COC2CCOCC2)c1)N1CCC(OCC2CCCO2)CC1. The first-order valence-corrected chi connectivity index (χ1v) is 12.3. The van der Waals surface area contributed by atoms with Crippen molar-refractivity contribution in [1.82, 2.24) is 10.2 Å².